The largest absolute Gasteiger partial charge is 0.353 e. The summed E-state index contributed by atoms with van der Waals surface area (Å²) in [4.78, 5) is 26.4. The van der Waals surface area contributed by atoms with Gasteiger partial charge in [-0.15, -0.1) is 12.4 Å². The minimum Gasteiger partial charge on any atom is -0.353 e. The summed E-state index contributed by atoms with van der Waals surface area (Å²) in [5.74, 6) is 0.299. The van der Waals surface area contributed by atoms with Crippen molar-refractivity contribution < 1.29 is 9.59 Å². The van der Waals surface area contributed by atoms with E-state index in [2.05, 4.69) is 5.32 Å². The molecule has 0 aromatic heterocycles. The molecule has 0 bridgehead atoms. The van der Waals surface area contributed by atoms with Crippen LogP contribution in [-0.4, -0.2) is 41.4 Å². The zero-order valence-corrected chi connectivity index (χ0v) is 15.5. The third-order valence-electron chi connectivity index (χ3n) is 5.22. The molecule has 6 heteroatoms. The summed E-state index contributed by atoms with van der Waals surface area (Å²) in [5.41, 5.74) is 5.93. The van der Waals surface area contributed by atoms with Crippen LogP contribution >= 0.6 is 12.4 Å². The van der Waals surface area contributed by atoms with Crippen molar-refractivity contribution in [3.63, 3.8) is 0 Å². The van der Waals surface area contributed by atoms with Gasteiger partial charge < -0.3 is 16.0 Å². The Bertz CT molecular complexity index is 418. The molecule has 0 aromatic carbocycles. The van der Waals surface area contributed by atoms with Gasteiger partial charge >= 0.3 is 0 Å². The van der Waals surface area contributed by atoms with Crippen molar-refractivity contribution in [1.82, 2.24) is 10.2 Å². The van der Waals surface area contributed by atoms with E-state index in [1.165, 1.54) is 0 Å². The third kappa shape index (κ3) is 5.08. The minimum atomic E-state index is -0.378. The Morgan fingerprint density at radius 2 is 1.78 bits per heavy atom. The topological polar surface area (TPSA) is 75.4 Å². The average Bonchev–Trinajstić information content (AvgIpc) is 2.46. The number of nitrogens with two attached hydrogens (primary N) is 1. The molecule has 2 aliphatic rings. The van der Waals surface area contributed by atoms with Crippen LogP contribution in [0.25, 0.3) is 0 Å². The van der Waals surface area contributed by atoms with E-state index in [4.69, 9.17) is 5.73 Å². The maximum absolute atomic E-state index is 12.5. The summed E-state index contributed by atoms with van der Waals surface area (Å²) < 4.78 is 0. The van der Waals surface area contributed by atoms with Gasteiger partial charge in [-0.1, -0.05) is 26.7 Å². The number of likely N-dealkylation sites (tertiary alicyclic amines) is 1. The van der Waals surface area contributed by atoms with Gasteiger partial charge in [0.05, 0.1) is 5.92 Å². The molecular weight excluding hydrogens is 314 g/mol. The van der Waals surface area contributed by atoms with E-state index < -0.39 is 0 Å². The van der Waals surface area contributed by atoms with Crippen LogP contribution in [0.1, 0.15) is 59.3 Å². The summed E-state index contributed by atoms with van der Waals surface area (Å²) in [5, 5.41) is 3.18. The van der Waals surface area contributed by atoms with Gasteiger partial charge in [-0.05, 0) is 32.6 Å². The van der Waals surface area contributed by atoms with Crippen LogP contribution in [0, 0.1) is 11.8 Å². The maximum atomic E-state index is 12.5. The first-order chi connectivity index (χ1) is 10.3. The molecule has 2 fully saturated rings. The lowest BCUT2D eigenvalue weighted by molar-refractivity contribution is -0.135. The second-order valence-electron chi connectivity index (χ2n) is 7.57. The summed E-state index contributed by atoms with van der Waals surface area (Å²) >= 11 is 0. The number of nitrogens with one attached hydrogen (secondary N) is 1. The van der Waals surface area contributed by atoms with E-state index in [1.807, 2.05) is 25.7 Å². The molecule has 1 saturated heterocycles. The first kappa shape index (κ1) is 20.2. The van der Waals surface area contributed by atoms with Crippen LogP contribution in [0.5, 0.6) is 0 Å². The Morgan fingerprint density at radius 3 is 2.30 bits per heavy atom. The van der Waals surface area contributed by atoms with Crippen molar-refractivity contribution in [2.75, 3.05) is 13.1 Å². The monoisotopic (exact) mass is 345 g/mol. The highest BCUT2D eigenvalue weighted by molar-refractivity contribution is 5.85. The zero-order chi connectivity index (χ0) is 16.3. The van der Waals surface area contributed by atoms with Gasteiger partial charge in [-0.25, -0.2) is 0 Å². The summed E-state index contributed by atoms with van der Waals surface area (Å²) in [6.45, 7) is 7.35. The Balaban J connectivity index is 0.00000264. The number of hydrogen-bond donors (Lipinski definition) is 2. The Labute approximate surface area is 146 Å². The second kappa shape index (κ2) is 8.34. The maximum Gasteiger partial charge on any atom is 0.225 e. The number of rotatable bonds is 3. The van der Waals surface area contributed by atoms with Gasteiger partial charge in [-0.2, -0.15) is 0 Å². The van der Waals surface area contributed by atoms with Gasteiger partial charge in [0.25, 0.3) is 0 Å². The van der Waals surface area contributed by atoms with Gasteiger partial charge in [0.1, 0.15) is 0 Å². The first-order valence-corrected chi connectivity index (χ1v) is 8.69. The van der Waals surface area contributed by atoms with Crippen molar-refractivity contribution >= 4 is 24.2 Å². The van der Waals surface area contributed by atoms with Crippen LogP contribution in [-0.2, 0) is 9.59 Å². The normalized spacial score (nSPS) is 29.1. The molecule has 5 nitrogen and oxygen atoms in total. The van der Waals surface area contributed by atoms with E-state index >= 15 is 0 Å². The molecule has 2 atom stereocenters. The Morgan fingerprint density at radius 1 is 1.17 bits per heavy atom. The van der Waals surface area contributed by atoms with Crippen molar-refractivity contribution in [2.45, 2.75) is 70.9 Å². The molecule has 3 N–H and O–H groups in total. The lowest BCUT2D eigenvalue weighted by Crippen LogP contribution is -2.55. The number of piperidine rings is 1. The van der Waals surface area contributed by atoms with Crippen molar-refractivity contribution in [3.05, 3.63) is 0 Å². The summed E-state index contributed by atoms with van der Waals surface area (Å²) in [6.07, 6.45) is 5.71. The van der Waals surface area contributed by atoms with Crippen LogP contribution in [0.3, 0.4) is 0 Å². The van der Waals surface area contributed by atoms with E-state index in [0.717, 1.165) is 51.6 Å². The van der Waals surface area contributed by atoms with E-state index in [9.17, 15) is 9.59 Å². The average molecular weight is 346 g/mol. The predicted molar refractivity (Wildman–Crippen MR) is 94.4 cm³/mol. The Hall–Kier alpha value is -0.810. The number of carbonyl (C=O) groups is 2. The number of carbonyl (C=O) groups excluding carboxylic acids is 2. The lowest BCUT2D eigenvalue weighted by Gasteiger charge is -2.39. The molecule has 0 spiro atoms. The molecule has 1 aliphatic carbocycles. The fourth-order valence-corrected chi connectivity index (χ4v) is 3.70. The van der Waals surface area contributed by atoms with Gasteiger partial charge in [0.2, 0.25) is 11.8 Å². The molecule has 134 valence electrons. The molecule has 2 rings (SSSR count). The summed E-state index contributed by atoms with van der Waals surface area (Å²) in [7, 11) is 0. The van der Waals surface area contributed by atoms with Crippen LogP contribution in [0.2, 0.25) is 0 Å². The fourth-order valence-electron chi connectivity index (χ4n) is 3.70. The SMILES string of the molecule is CC(C)C(=O)N1CCC(NC(=O)C2CCCCC2(C)N)CC1.Cl. The van der Waals surface area contributed by atoms with Gasteiger partial charge in [0.15, 0.2) is 0 Å². The first-order valence-electron chi connectivity index (χ1n) is 8.69. The van der Waals surface area contributed by atoms with E-state index in [-0.39, 0.29) is 47.6 Å². The molecule has 23 heavy (non-hydrogen) atoms. The van der Waals surface area contributed by atoms with Crippen molar-refractivity contribution in [3.8, 4) is 0 Å². The molecule has 2 amide bonds. The van der Waals surface area contributed by atoms with Crippen LogP contribution < -0.4 is 11.1 Å². The molecule has 1 aliphatic heterocycles. The number of halogens is 1. The van der Waals surface area contributed by atoms with Crippen molar-refractivity contribution in [2.24, 2.45) is 17.6 Å². The number of amides is 2. The third-order valence-corrected chi connectivity index (χ3v) is 5.22. The Kier molecular flexibility index (Phi) is 7.33. The highest BCUT2D eigenvalue weighted by atomic mass is 35.5. The van der Waals surface area contributed by atoms with Gasteiger partial charge in [0, 0.05) is 30.6 Å². The van der Waals surface area contributed by atoms with Crippen LogP contribution in [0.15, 0.2) is 0 Å². The number of hydrogen-bond acceptors (Lipinski definition) is 3. The molecule has 1 saturated carbocycles. The predicted octanol–water partition coefficient (Wildman–Crippen LogP) is 2.08. The quantitative estimate of drug-likeness (QED) is 0.822. The molecule has 2 unspecified atom stereocenters. The van der Waals surface area contributed by atoms with E-state index in [1.54, 1.807) is 0 Å². The zero-order valence-electron chi connectivity index (χ0n) is 14.6. The summed E-state index contributed by atoms with van der Waals surface area (Å²) in [6, 6.07) is 0.182. The highest BCUT2D eigenvalue weighted by Crippen LogP contribution is 2.32. The fraction of sp³-hybridized carbons (Fsp3) is 0.882. The molecular formula is C17H32ClN3O2. The van der Waals surface area contributed by atoms with Crippen molar-refractivity contribution in [1.29, 1.82) is 0 Å². The minimum absolute atomic E-state index is 0. The lowest BCUT2D eigenvalue weighted by atomic mass is 9.74. The molecule has 1 heterocycles. The second-order valence-corrected chi connectivity index (χ2v) is 7.57. The standard InChI is InChI=1S/C17H31N3O2.ClH/c1-12(2)16(22)20-10-7-13(8-11-20)19-15(21)14-6-4-5-9-17(14,3)18;/h12-14H,4-11,18H2,1-3H3,(H,19,21);1H. The smallest absolute Gasteiger partial charge is 0.225 e. The van der Waals surface area contributed by atoms with Crippen LogP contribution in [0.4, 0.5) is 0 Å². The number of nitrogens with zero attached hydrogens (tertiary/aromatic N) is 1. The van der Waals surface area contributed by atoms with E-state index in [0.29, 0.717) is 0 Å². The van der Waals surface area contributed by atoms with Gasteiger partial charge in [-0.3, -0.25) is 9.59 Å². The molecule has 0 aromatic rings. The highest BCUT2D eigenvalue weighted by Gasteiger charge is 2.38. The molecule has 0 radical (unpaired) electrons.